The monoisotopic (exact) mass is 236 g/mol. The van der Waals surface area contributed by atoms with E-state index in [1.165, 1.54) is 8.61 Å². The molecule has 0 aromatic rings. The third-order valence-electron chi connectivity index (χ3n) is 2.66. The molecule has 0 saturated carbocycles. The van der Waals surface area contributed by atoms with Crippen LogP contribution < -0.4 is 5.73 Å². The normalized spacial score (nSPS) is 26.1. The topological polar surface area (TPSA) is 69.9 Å². The van der Waals surface area contributed by atoms with Crippen LogP contribution in [0.15, 0.2) is 0 Å². The molecule has 1 saturated heterocycles. The first-order chi connectivity index (χ1) is 6.89. The molecule has 15 heavy (non-hydrogen) atoms. The Kier molecular flexibility index (Phi) is 4.07. The van der Waals surface area contributed by atoms with Crippen molar-refractivity contribution < 1.29 is 8.42 Å². The molecule has 1 fully saturated rings. The van der Waals surface area contributed by atoms with Gasteiger partial charge < -0.3 is 10.6 Å². The molecule has 0 bridgehead atoms. The van der Waals surface area contributed by atoms with Crippen LogP contribution in [0.1, 0.15) is 0 Å². The lowest BCUT2D eigenvalue weighted by molar-refractivity contribution is 0.158. The maximum Gasteiger partial charge on any atom is 0.281 e. The van der Waals surface area contributed by atoms with E-state index < -0.39 is 10.2 Å². The van der Waals surface area contributed by atoms with Gasteiger partial charge in [0.25, 0.3) is 10.2 Å². The minimum atomic E-state index is -3.32. The molecular weight excluding hydrogens is 216 g/mol. The van der Waals surface area contributed by atoms with Gasteiger partial charge in [-0.25, -0.2) is 0 Å². The Morgan fingerprint density at radius 1 is 1.40 bits per heavy atom. The molecule has 1 atom stereocenters. The number of nitrogens with two attached hydrogens (primary N) is 1. The highest BCUT2D eigenvalue weighted by Gasteiger charge is 2.34. The first-order valence-corrected chi connectivity index (χ1v) is 6.37. The van der Waals surface area contributed by atoms with Gasteiger partial charge in [-0.05, 0) is 7.05 Å². The maximum atomic E-state index is 11.9. The lowest BCUT2D eigenvalue weighted by atomic mass is 10.2. The first kappa shape index (κ1) is 12.9. The molecule has 0 aliphatic carbocycles. The highest BCUT2D eigenvalue weighted by atomic mass is 32.2. The number of hydrogen-bond donors (Lipinski definition) is 1. The maximum absolute atomic E-state index is 11.9. The predicted molar refractivity (Wildman–Crippen MR) is 59.7 cm³/mol. The van der Waals surface area contributed by atoms with Crippen LogP contribution in [0.25, 0.3) is 0 Å². The van der Waals surface area contributed by atoms with Crippen molar-refractivity contribution in [2.45, 2.75) is 6.04 Å². The van der Waals surface area contributed by atoms with E-state index in [-0.39, 0.29) is 6.04 Å². The Morgan fingerprint density at radius 3 is 2.47 bits per heavy atom. The summed E-state index contributed by atoms with van der Waals surface area (Å²) in [6.07, 6.45) is 0. The van der Waals surface area contributed by atoms with Crippen LogP contribution in [0, 0.1) is 0 Å². The summed E-state index contributed by atoms with van der Waals surface area (Å²) >= 11 is 0. The summed E-state index contributed by atoms with van der Waals surface area (Å²) in [5, 5.41) is 0. The zero-order chi connectivity index (χ0) is 11.6. The van der Waals surface area contributed by atoms with Crippen molar-refractivity contribution in [1.82, 2.24) is 13.5 Å². The van der Waals surface area contributed by atoms with Crippen molar-refractivity contribution in [1.29, 1.82) is 0 Å². The van der Waals surface area contributed by atoms with Crippen LogP contribution >= 0.6 is 0 Å². The van der Waals surface area contributed by atoms with Crippen molar-refractivity contribution in [3.63, 3.8) is 0 Å². The average molecular weight is 236 g/mol. The lowest BCUT2D eigenvalue weighted by Crippen LogP contribution is -2.58. The van der Waals surface area contributed by atoms with Crippen molar-refractivity contribution in [3.05, 3.63) is 0 Å². The van der Waals surface area contributed by atoms with E-state index in [1.54, 1.807) is 14.1 Å². The fraction of sp³-hybridized carbons (Fsp3) is 1.00. The van der Waals surface area contributed by atoms with Crippen molar-refractivity contribution in [2.24, 2.45) is 5.73 Å². The zero-order valence-corrected chi connectivity index (χ0v) is 10.4. The number of piperazine rings is 1. The Hall–Kier alpha value is -0.210. The summed E-state index contributed by atoms with van der Waals surface area (Å²) in [6.45, 7) is 2.32. The summed E-state index contributed by atoms with van der Waals surface area (Å²) in [7, 11) is 1.74. The molecule has 1 aliphatic heterocycles. The minimum absolute atomic E-state index is 0.115. The van der Waals surface area contributed by atoms with Crippen LogP contribution in [0.2, 0.25) is 0 Å². The van der Waals surface area contributed by atoms with E-state index >= 15 is 0 Å². The second kappa shape index (κ2) is 4.75. The van der Waals surface area contributed by atoms with Gasteiger partial charge in [-0.3, -0.25) is 0 Å². The van der Waals surface area contributed by atoms with Gasteiger partial charge in [0, 0.05) is 40.3 Å². The van der Waals surface area contributed by atoms with Gasteiger partial charge in [0.1, 0.15) is 0 Å². The second-order valence-corrected chi connectivity index (χ2v) is 6.15. The molecule has 90 valence electrons. The van der Waals surface area contributed by atoms with E-state index in [9.17, 15) is 8.42 Å². The summed E-state index contributed by atoms with van der Waals surface area (Å²) in [4.78, 5) is 2.10. The van der Waals surface area contributed by atoms with Gasteiger partial charge in [0.2, 0.25) is 0 Å². The van der Waals surface area contributed by atoms with E-state index in [1.807, 2.05) is 7.05 Å². The molecule has 1 aliphatic rings. The predicted octanol–water partition coefficient (Wildman–Crippen LogP) is -1.63. The SMILES string of the molecule is CN1CCN(S(=O)(=O)N(C)C)C(CN)C1. The number of hydrogen-bond acceptors (Lipinski definition) is 4. The molecule has 2 N–H and O–H groups in total. The number of nitrogens with zero attached hydrogens (tertiary/aromatic N) is 3. The largest absolute Gasteiger partial charge is 0.329 e. The van der Waals surface area contributed by atoms with E-state index in [2.05, 4.69) is 4.90 Å². The molecule has 1 heterocycles. The lowest BCUT2D eigenvalue weighted by Gasteiger charge is -2.39. The quantitative estimate of drug-likeness (QED) is 0.638. The molecular formula is C8H20N4O2S. The number of likely N-dealkylation sites (N-methyl/N-ethyl adjacent to an activating group) is 1. The molecule has 0 aromatic heterocycles. The van der Waals surface area contributed by atoms with Crippen molar-refractivity contribution >= 4 is 10.2 Å². The molecule has 0 radical (unpaired) electrons. The van der Waals surface area contributed by atoms with E-state index in [4.69, 9.17) is 5.73 Å². The van der Waals surface area contributed by atoms with Gasteiger partial charge >= 0.3 is 0 Å². The van der Waals surface area contributed by atoms with Crippen LogP contribution in [0.3, 0.4) is 0 Å². The molecule has 0 aromatic carbocycles. The summed E-state index contributed by atoms with van der Waals surface area (Å²) in [6, 6.07) is -0.115. The zero-order valence-electron chi connectivity index (χ0n) is 9.55. The smallest absolute Gasteiger partial charge is 0.281 e. The van der Waals surface area contributed by atoms with Crippen LogP contribution in [0.5, 0.6) is 0 Å². The molecule has 7 heteroatoms. The minimum Gasteiger partial charge on any atom is -0.329 e. The van der Waals surface area contributed by atoms with Crippen LogP contribution in [-0.2, 0) is 10.2 Å². The highest BCUT2D eigenvalue weighted by molar-refractivity contribution is 7.86. The number of rotatable bonds is 3. The van der Waals surface area contributed by atoms with Crippen LogP contribution in [0.4, 0.5) is 0 Å². The molecule has 1 unspecified atom stereocenters. The standard InChI is InChI=1S/C8H20N4O2S/c1-10(2)15(13,14)12-5-4-11(3)7-8(12)6-9/h8H,4-7,9H2,1-3H3. The Labute approximate surface area is 91.8 Å². The second-order valence-electron chi connectivity index (χ2n) is 4.05. The van der Waals surface area contributed by atoms with Crippen LogP contribution in [-0.4, -0.2) is 75.3 Å². The van der Waals surface area contributed by atoms with Gasteiger partial charge in [-0.2, -0.15) is 17.0 Å². The summed E-state index contributed by atoms with van der Waals surface area (Å²) < 4.78 is 26.6. The molecule has 6 nitrogen and oxygen atoms in total. The van der Waals surface area contributed by atoms with Gasteiger partial charge in [0.05, 0.1) is 6.04 Å². The Morgan fingerprint density at radius 2 is 2.00 bits per heavy atom. The van der Waals surface area contributed by atoms with Crippen molar-refractivity contribution in [3.8, 4) is 0 Å². The molecule has 1 rings (SSSR count). The van der Waals surface area contributed by atoms with Gasteiger partial charge in [-0.1, -0.05) is 0 Å². The Balaban J connectivity index is 2.85. The van der Waals surface area contributed by atoms with Gasteiger partial charge in [0.15, 0.2) is 0 Å². The van der Waals surface area contributed by atoms with E-state index in [0.29, 0.717) is 19.6 Å². The fourth-order valence-electron chi connectivity index (χ4n) is 1.70. The highest BCUT2D eigenvalue weighted by Crippen LogP contribution is 2.14. The molecule has 0 amide bonds. The third kappa shape index (κ3) is 2.67. The van der Waals surface area contributed by atoms with E-state index in [0.717, 1.165) is 6.54 Å². The Bertz CT molecular complexity index is 304. The molecule has 0 spiro atoms. The van der Waals surface area contributed by atoms with Crippen molar-refractivity contribution in [2.75, 3.05) is 47.3 Å². The fourth-order valence-corrected chi connectivity index (χ4v) is 2.96. The summed E-state index contributed by atoms with van der Waals surface area (Å²) in [5.74, 6) is 0. The average Bonchev–Trinajstić information content (AvgIpc) is 2.16. The third-order valence-corrected chi connectivity index (χ3v) is 4.66. The first-order valence-electron chi connectivity index (χ1n) is 4.97. The van der Waals surface area contributed by atoms with Gasteiger partial charge in [-0.15, -0.1) is 0 Å². The summed E-state index contributed by atoms with van der Waals surface area (Å²) in [5.41, 5.74) is 5.60.